The largest absolute Gasteiger partial charge is 0.481 e. The van der Waals surface area contributed by atoms with E-state index in [-0.39, 0.29) is 12.0 Å². The van der Waals surface area contributed by atoms with E-state index >= 15 is 0 Å². The maximum atomic E-state index is 12.6. The van der Waals surface area contributed by atoms with Crippen molar-refractivity contribution < 1.29 is 22.7 Å². The molecule has 154 valence electrons. The fourth-order valence-electron chi connectivity index (χ4n) is 3.63. The van der Waals surface area contributed by atoms with Gasteiger partial charge in [0.15, 0.2) is 0 Å². The van der Waals surface area contributed by atoms with Gasteiger partial charge in [-0.15, -0.1) is 0 Å². The molecule has 9 heteroatoms. The summed E-state index contributed by atoms with van der Waals surface area (Å²) in [5.74, 6) is 0.244. The van der Waals surface area contributed by atoms with Crippen LogP contribution in [-0.4, -0.2) is 60.4 Å². The van der Waals surface area contributed by atoms with Crippen LogP contribution in [0.5, 0.6) is 5.88 Å². The van der Waals surface area contributed by atoms with Gasteiger partial charge >= 0.3 is 6.09 Å². The molecule has 0 aliphatic carbocycles. The fraction of sp³-hybridized carbons (Fsp3) is 0.579. The van der Waals surface area contributed by atoms with Crippen molar-refractivity contribution in [2.45, 2.75) is 45.1 Å². The molecule has 1 aliphatic rings. The van der Waals surface area contributed by atoms with Crippen LogP contribution in [0.2, 0.25) is 0 Å². The molecule has 0 unspecified atom stereocenters. The Bertz CT molecular complexity index is 991. The van der Waals surface area contributed by atoms with Crippen LogP contribution in [0.25, 0.3) is 10.9 Å². The van der Waals surface area contributed by atoms with E-state index in [4.69, 9.17) is 9.47 Å². The van der Waals surface area contributed by atoms with E-state index in [1.807, 2.05) is 26.8 Å². The Morgan fingerprint density at radius 1 is 1.32 bits per heavy atom. The molecule has 2 aromatic rings. The van der Waals surface area contributed by atoms with Gasteiger partial charge < -0.3 is 14.4 Å². The van der Waals surface area contributed by atoms with E-state index in [2.05, 4.69) is 4.98 Å². The topological polar surface area (TPSA) is 90.7 Å². The van der Waals surface area contributed by atoms with Gasteiger partial charge in [-0.1, -0.05) is 0 Å². The first-order valence-corrected chi connectivity index (χ1v) is 11.1. The molecule has 1 amide bonds. The Labute approximate surface area is 165 Å². The minimum Gasteiger partial charge on any atom is -0.481 e. The molecule has 1 atom stereocenters. The average molecular weight is 410 g/mol. The molecular weight excluding hydrogens is 382 g/mol. The number of methoxy groups -OCH3 is 1. The maximum absolute atomic E-state index is 12.6. The van der Waals surface area contributed by atoms with Gasteiger partial charge in [0.05, 0.1) is 24.3 Å². The second-order valence-corrected chi connectivity index (χ2v) is 9.95. The van der Waals surface area contributed by atoms with Crippen molar-refractivity contribution in [2.24, 2.45) is 0 Å². The van der Waals surface area contributed by atoms with Gasteiger partial charge in [0.1, 0.15) is 5.60 Å². The lowest BCUT2D eigenvalue weighted by molar-refractivity contribution is 0.0197. The van der Waals surface area contributed by atoms with Crippen molar-refractivity contribution in [3.63, 3.8) is 0 Å². The molecule has 0 aromatic carbocycles. The molecule has 8 nitrogen and oxygen atoms in total. The number of carbonyl (C=O) groups is 1. The molecule has 2 aromatic heterocycles. The Hall–Kier alpha value is -2.29. The number of amides is 1. The zero-order valence-corrected chi connectivity index (χ0v) is 17.7. The fourth-order valence-corrected chi connectivity index (χ4v) is 4.73. The molecular formula is C19H27N3O5S. The number of ether oxygens (including phenoxy) is 2. The van der Waals surface area contributed by atoms with Crippen LogP contribution in [0.3, 0.4) is 0 Å². The summed E-state index contributed by atoms with van der Waals surface area (Å²) in [4.78, 5) is 18.3. The molecule has 0 radical (unpaired) electrons. The van der Waals surface area contributed by atoms with Gasteiger partial charge in [-0.2, -0.15) is 0 Å². The summed E-state index contributed by atoms with van der Waals surface area (Å²) in [6, 6.07) is 3.47. The Morgan fingerprint density at radius 2 is 2.04 bits per heavy atom. The summed E-state index contributed by atoms with van der Waals surface area (Å²) >= 11 is 0. The molecule has 1 fully saturated rings. The first-order chi connectivity index (χ1) is 13.0. The zero-order chi connectivity index (χ0) is 20.7. The van der Waals surface area contributed by atoms with Crippen LogP contribution >= 0.6 is 0 Å². The summed E-state index contributed by atoms with van der Waals surface area (Å²) in [6.45, 7) is 6.47. The number of pyridine rings is 1. The summed E-state index contributed by atoms with van der Waals surface area (Å²) in [6.07, 6.45) is 3.88. The lowest BCUT2D eigenvalue weighted by Gasteiger charge is -2.34. The van der Waals surface area contributed by atoms with Gasteiger partial charge in [-0.3, -0.25) is 0 Å². The van der Waals surface area contributed by atoms with E-state index in [1.54, 1.807) is 11.0 Å². The van der Waals surface area contributed by atoms with Crippen molar-refractivity contribution in [3.8, 4) is 5.88 Å². The van der Waals surface area contributed by atoms with Crippen molar-refractivity contribution in [3.05, 3.63) is 24.0 Å². The maximum Gasteiger partial charge on any atom is 0.410 e. The van der Waals surface area contributed by atoms with E-state index in [0.29, 0.717) is 35.6 Å². The smallest absolute Gasteiger partial charge is 0.410 e. The number of nitrogens with zero attached hydrogens (tertiary/aromatic N) is 3. The van der Waals surface area contributed by atoms with Crippen molar-refractivity contribution in [2.75, 3.05) is 26.5 Å². The lowest BCUT2D eigenvalue weighted by atomic mass is 9.95. The highest BCUT2D eigenvalue weighted by atomic mass is 32.2. The Kier molecular flexibility index (Phi) is 5.31. The van der Waals surface area contributed by atoms with Crippen LogP contribution in [0, 0.1) is 0 Å². The van der Waals surface area contributed by atoms with Gasteiger partial charge in [0.25, 0.3) is 0 Å². The molecule has 0 N–H and O–H groups in total. The van der Waals surface area contributed by atoms with Crippen LogP contribution < -0.4 is 4.74 Å². The quantitative estimate of drug-likeness (QED) is 0.774. The van der Waals surface area contributed by atoms with Crippen LogP contribution in [0.4, 0.5) is 4.79 Å². The first kappa shape index (κ1) is 20.4. The van der Waals surface area contributed by atoms with E-state index in [9.17, 15) is 13.2 Å². The molecule has 28 heavy (non-hydrogen) atoms. The third-order valence-corrected chi connectivity index (χ3v) is 5.76. The number of aromatic nitrogens is 2. The molecule has 1 saturated heterocycles. The van der Waals surface area contributed by atoms with Crippen molar-refractivity contribution >= 4 is 27.0 Å². The summed E-state index contributed by atoms with van der Waals surface area (Å²) < 4.78 is 37.3. The molecule has 3 heterocycles. The monoisotopic (exact) mass is 409 g/mol. The summed E-state index contributed by atoms with van der Waals surface area (Å²) in [5.41, 5.74) is 0.584. The SMILES string of the molecule is COc1nccc2c1cc([C@@H]1CCCN(C(=O)OC(C)(C)C)C1)n2S(C)(=O)=O. The normalized spacial score (nSPS) is 18.3. The van der Waals surface area contributed by atoms with Crippen LogP contribution in [0.1, 0.15) is 45.2 Å². The molecule has 0 bridgehead atoms. The summed E-state index contributed by atoms with van der Waals surface area (Å²) in [5, 5.41) is 0.639. The minimum absolute atomic E-state index is 0.131. The third kappa shape index (κ3) is 4.09. The number of rotatable bonds is 3. The number of hydrogen-bond acceptors (Lipinski definition) is 6. The van der Waals surface area contributed by atoms with Crippen molar-refractivity contribution in [1.82, 2.24) is 13.9 Å². The van der Waals surface area contributed by atoms with Crippen molar-refractivity contribution in [1.29, 1.82) is 0 Å². The highest BCUT2D eigenvalue weighted by Gasteiger charge is 2.32. The Morgan fingerprint density at radius 3 is 2.64 bits per heavy atom. The minimum atomic E-state index is -3.56. The standard InChI is InChI=1S/C19H27N3O5S/c1-19(2,3)27-18(23)21-10-6-7-13(12-21)16-11-14-15(22(16)28(5,24)25)8-9-20-17(14)26-4/h8-9,11,13H,6-7,10,12H2,1-5H3/t13-/m1/s1. The molecule has 3 rings (SSSR count). The highest BCUT2D eigenvalue weighted by Crippen LogP contribution is 2.35. The number of piperidine rings is 1. The van der Waals surface area contributed by atoms with Crippen LogP contribution in [0.15, 0.2) is 18.3 Å². The second-order valence-electron chi connectivity index (χ2n) is 8.12. The predicted molar refractivity (Wildman–Crippen MR) is 106 cm³/mol. The second kappa shape index (κ2) is 7.27. The number of likely N-dealkylation sites (tertiary alicyclic amines) is 1. The average Bonchev–Trinajstić information content (AvgIpc) is 3.00. The highest BCUT2D eigenvalue weighted by molar-refractivity contribution is 7.89. The Balaban J connectivity index is 2.02. The zero-order valence-electron chi connectivity index (χ0n) is 16.9. The number of carbonyl (C=O) groups excluding carboxylic acids is 1. The van der Waals surface area contributed by atoms with E-state index in [1.165, 1.54) is 23.5 Å². The summed E-state index contributed by atoms with van der Waals surface area (Å²) in [7, 11) is -2.05. The van der Waals surface area contributed by atoms with E-state index < -0.39 is 15.6 Å². The van der Waals surface area contributed by atoms with Crippen LogP contribution in [-0.2, 0) is 14.8 Å². The predicted octanol–water partition coefficient (Wildman–Crippen LogP) is 2.97. The first-order valence-electron chi connectivity index (χ1n) is 9.24. The third-order valence-electron chi connectivity index (χ3n) is 4.69. The van der Waals surface area contributed by atoms with Gasteiger partial charge in [-0.25, -0.2) is 22.2 Å². The molecule has 1 aliphatic heterocycles. The van der Waals surface area contributed by atoms with E-state index in [0.717, 1.165) is 12.8 Å². The molecule has 0 spiro atoms. The van der Waals surface area contributed by atoms with Gasteiger partial charge in [0.2, 0.25) is 15.9 Å². The lowest BCUT2D eigenvalue weighted by Crippen LogP contribution is -2.42. The van der Waals surface area contributed by atoms with Gasteiger partial charge in [0, 0.05) is 30.9 Å². The molecule has 0 saturated carbocycles. The number of hydrogen-bond donors (Lipinski definition) is 0. The van der Waals surface area contributed by atoms with Gasteiger partial charge in [-0.05, 0) is 45.7 Å². The number of fused-ring (bicyclic) bond motifs is 1.